The zero-order valence-corrected chi connectivity index (χ0v) is 16.5. The van der Waals surface area contributed by atoms with Gasteiger partial charge in [0.25, 0.3) is 0 Å². The standard InChI is InChI=1S/C19H12Br2N2O3/c1-2-7-25-18-14(20)8-12(9-15(18)21)11-22-23-19(24)17-10-13-5-3-4-6-16(13)26-17/h1,3-6,8-11H,7H2,(H,23,24)/b22-11+. The molecule has 0 aliphatic heterocycles. The molecule has 0 radical (unpaired) electrons. The first-order valence-corrected chi connectivity index (χ1v) is 9.04. The number of benzene rings is 2. The number of ether oxygens (including phenoxy) is 1. The fourth-order valence-electron chi connectivity index (χ4n) is 2.22. The summed E-state index contributed by atoms with van der Waals surface area (Å²) in [5, 5.41) is 4.82. The molecule has 0 bridgehead atoms. The third-order valence-electron chi connectivity index (χ3n) is 3.35. The van der Waals surface area contributed by atoms with Crippen molar-refractivity contribution in [2.24, 2.45) is 5.10 Å². The van der Waals surface area contributed by atoms with E-state index in [2.05, 4.69) is 48.3 Å². The van der Waals surface area contributed by atoms with Gasteiger partial charge in [-0.05, 0) is 61.7 Å². The van der Waals surface area contributed by atoms with Crippen LogP contribution in [0.15, 0.2) is 60.9 Å². The van der Waals surface area contributed by atoms with E-state index in [1.54, 1.807) is 24.3 Å². The molecular formula is C19H12Br2N2O3. The van der Waals surface area contributed by atoms with Crippen molar-refractivity contribution in [2.75, 3.05) is 6.61 Å². The molecule has 1 amide bonds. The lowest BCUT2D eigenvalue weighted by Crippen LogP contribution is -2.16. The molecule has 5 nitrogen and oxygen atoms in total. The number of nitrogens with one attached hydrogen (secondary N) is 1. The van der Waals surface area contributed by atoms with Crippen molar-refractivity contribution in [3.05, 3.63) is 62.7 Å². The maximum atomic E-state index is 12.1. The quantitative estimate of drug-likeness (QED) is 0.329. The maximum Gasteiger partial charge on any atom is 0.307 e. The van der Waals surface area contributed by atoms with Crippen LogP contribution in [0.3, 0.4) is 0 Å². The Kier molecular flexibility index (Phi) is 5.76. The largest absolute Gasteiger partial charge is 0.479 e. The minimum atomic E-state index is -0.426. The van der Waals surface area contributed by atoms with Crippen LogP contribution in [-0.4, -0.2) is 18.7 Å². The summed E-state index contributed by atoms with van der Waals surface area (Å²) >= 11 is 6.84. The summed E-state index contributed by atoms with van der Waals surface area (Å²) in [6, 6.07) is 12.7. The molecule has 1 aromatic heterocycles. The smallest absolute Gasteiger partial charge is 0.307 e. The number of carbonyl (C=O) groups excluding carboxylic acids is 1. The van der Waals surface area contributed by atoms with E-state index in [4.69, 9.17) is 15.6 Å². The molecule has 0 spiro atoms. The molecule has 0 saturated carbocycles. The molecule has 1 N–H and O–H groups in total. The Labute approximate surface area is 166 Å². The van der Waals surface area contributed by atoms with Gasteiger partial charge in [0.2, 0.25) is 0 Å². The van der Waals surface area contributed by atoms with Crippen molar-refractivity contribution in [1.82, 2.24) is 5.43 Å². The van der Waals surface area contributed by atoms with Crippen LogP contribution in [0.5, 0.6) is 5.75 Å². The lowest BCUT2D eigenvalue weighted by atomic mass is 10.2. The highest BCUT2D eigenvalue weighted by Crippen LogP contribution is 2.34. The monoisotopic (exact) mass is 474 g/mol. The Hall–Kier alpha value is -2.56. The molecule has 1 heterocycles. The average Bonchev–Trinajstić information content (AvgIpc) is 3.05. The first-order valence-electron chi connectivity index (χ1n) is 7.46. The van der Waals surface area contributed by atoms with Gasteiger partial charge in [0.15, 0.2) is 5.76 Å². The number of para-hydroxylation sites is 1. The number of rotatable bonds is 5. The molecule has 7 heteroatoms. The number of hydrazone groups is 1. The predicted molar refractivity (Wildman–Crippen MR) is 107 cm³/mol. The summed E-state index contributed by atoms with van der Waals surface area (Å²) in [6.45, 7) is 0.165. The second kappa shape index (κ2) is 8.21. The van der Waals surface area contributed by atoms with Gasteiger partial charge < -0.3 is 9.15 Å². The van der Waals surface area contributed by atoms with Crippen LogP contribution in [0.25, 0.3) is 11.0 Å². The molecule has 0 aliphatic rings. The fraction of sp³-hybridized carbons (Fsp3) is 0.0526. The van der Waals surface area contributed by atoms with E-state index in [0.29, 0.717) is 20.3 Å². The van der Waals surface area contributed by atoms with Gasteiger partial charge in [-0.2, -0.15) is 5.10 Å². The molecule has 0 atom stereocenters. The molecule has 0 aliphatic carbocycles. The van der Waals surface area contributed by atoms with Crippen molar-refractivity contribution < 1.29 is 13.9 Å². The van der Waals surface area contributed by atoms with Crippen LogP contribution >= 0.6 is 31.9 Å². The molecule has 2 aromatic carbocycles. The number of furan rings is 1. The second-order valence-electron chi connectivity index (χ2n) is 5.15. The number of halogens is 2. The summed E-state index contributed by atoms with van der Waals surface area (Å²) in [5.74, 6) is 2.79. The number of hydrogen-bond donors (Lipinski definition) is 1. The number of terminal acetylenes is 1. The zero-order valence-electron chi connectivity index (χ0n) is 13.3. The van der Waals surface area contributed by atoms with E-state index in [9.17, 15) is 4.79 Å². The van der Waals surface area contributed by atoms with Gasteiger partial charge in [-0.15, -0.1) is 6.42 Å². The lowest BCUT2D eigenvalue weighted by Gasteiger charge is -2.08. The third kappa shape index (κ3) is 4.15. The molecule has 3 rings (SSSR count). The van der Waals surface area contributed by atoms with Crippen LogP contribution in [0.4, 0.5) is 0 Å². The van der Waals surface area contributed by atoms with Crippen molar-refractivity contribution >= 4 is 55.0 Å². The minimum absolute atomic E-state index is 0.165. The number of hydrogen-bond acceptors (Lipinski definition) is 4. The van der Waals surface area contributed by atoms with Crippen molar-refractivity contribution in [3.63, 3.8) is 0 Å². The molecule has 0 unspecified atom stereocenters. The first kappa shape index (κ1) is 18.2. The van der Waals surface area contributed by atoms with Crippen molar-refractivity contribution in [1.29, 1.82) is 0 Å². The highest BCUT2D eigenvalue weighted by atomic mass is 79.9. The van der Waals surface area contributed by atoms with Gasteiger partial charge in [0.05, 0.1) is 15.2 Å². The fourth-order valence-corrected chi connectivity index (χ4v) is 3.67. The summed E-state index contributed by atoms with van der Waals surface area (Å²) in [5.41, 5.74) is 3.85. The zero-order chi connectivity index (χ0) is 18.5. The van der Waals surface area contributed by atoms with E-state index in [1.165, 1.54) is 6.21 Å². The summed E-state index contributed by atoms with van der Waals surface area (Å²) in [6.07, 6.45) is 6.71. The molecule has 130 valence electrons. The normalized spacial score (nSPS) is 10.8. The highest BCUT2D eigenvalue weighted by Gasteiger charge is 2.11. The molecule has 26 heavy (non-hydrogen) atoms. The summed E-state index contributed by atoms with van der Waals surface area (Å²) < 4.78 is 12.4. The van der Waals surface area contributed by atoms with Crippen LogP contribution in [-0.2, 0) is 0 Å². The van der Waals surface area contributed by atoms with E-state index in [-0.39, 0.29) is 12.4 Å². The van der Waals surface area contributed by atoms with Gasteiger partial charge >= 0.3 is 5.91 Å². The highest BCUT2D eigenvalue weighted by molar-refractivity contribution is 9.11. The number of carbonyl (C=O) groups is 1. The second-order valence-corrected chi connectivity index (χ2v) is 6.86. The van der Waals surface area contributed by atoms with Crippen LogP contribution in [0.1, 0.15) is 16.1 Å². The third-order valence-corrected chi connectivity index (χ3v) is 4.53. The van der Waals surface area contributed by atoms with Gasteiger partial charge in [-0.1, -0.05) is 24.1 Å². The maximum absolute atomic E-state index is 12.1. The van der Waals surface area contributed by atoms with Crippen LogP contribution in [0, 0.1) is 12.3 Å². The minimum Gasteiger partial charge on any atom is -0.479 e. The average molecular weight is 476 g/mol. The molecule has 3 aromatic rings. The Balaban J connectivity index is 1.70. The van der Waals surface area contributed by atoms with E-state index in [0.717, 1.165) is 10.9 Å². The van der Waals surface area contributed by atoms with Gasteiger partial charge in [-0.3, -0.25) is 4.79 Å². The molecule has 0 fully saturated rings. The first-order chi connectivity index (χ1) is 12.6. The van der Waals surface area contributed by atoms with Gasteiger partial charge in [0.1, 0.15) is 17.9 Å². The summed E-state index contributed by atoms with van der Waals surface area (Å²) in [7, 11) is 0. The Bertz CT molecular complexity index is 979. The number of fused-ring (bicyclic) bond motifs is 1. The number of amides is 1. The van der Waals surface area contributed by atoms with E-state index >= 15 is 0 Å². The van der Waals surface area contributed by atoms with Crippen molar-refractivity contribution in [3.8, 4) is 18.1 Å². The van der Waals surface area contributed by atoms with Crippen LogP contribution < -0.4 is 10.2 Å². The van der Waals surface area contributed by atoms with E-state index < -0.39 is 5.91 Å². The SMILES string of the molecule is C#CCOc1c(Br)cc(/C=N/NC(=O)c2cc3ccccc3o2)cc1Br. The topological polar surface area (TPSA) is 63.8 Å². The number of nitrogens with zero attached hydrogens (tertiary/aromatic N) is 1. The van der Waals surface area contributed by atoms with E-state index in [1.807, 2.05) is 18.2 Å². The Morgan fingerprint density at radius 3 is 2.69 bits per heavy atom. The lowest BCUT2D eigenvalue weighted by molar-refractivity contribution is 0.0929. The summed E-state index contributed by atoms with van der Waals surface area (Å²) in [4.78, 5) is 12.1. The van der Waals surface area contributed by atoms with Crippen LogP contribution in [0.2, 0.25) is 0 Å². The predicted octanol–water partition coefficient (Wildman–Crippen LogP) is 4.73. The Morgan fingerprint density at radius 1 is 1.27 bits per heavy atom. The van der Waals surface area contributed by atoms with Gasteiger partial charge in [0, 0.05) is 5.39 Å². The van der Waals surface area contributed by atoms with Gasteiger partial charge in [-0.25, -0.2) is 5.43 Å². The Morgan fingerprint density at radius 2 is 2.00 bits per heavy atom. The molecule has 0 saturated heterocycles. The van der Waals surface area contributed by atoms with Crippen molar-refractivity contribution in [2.45, 2.75) is 0 Å². The molecular weight excluding hydrogens is 464 g/mol.